The molecule has 1 aromatic heterocycles. The van der Waals surface area contributed by atoms with E-state index in [2.05, 4.69) is 29.4 Å². The Morgan fingerprint density at radius 1 is 1.38 bits per heavy atom. The lowest BCUT2D eigenvalue weighted by atomic mass is 9.90. The molecule has 90 valence electrons. The molecule has 0 bridgehead atoms. The van der Waals surface area contributed by atoms with Gasteiger partial charge in [-0.25, -0.2) is 0 Å². The van der Waals surface area contributed by atoms with Crippen molar-refractivity contribution >= 4 is 11.6 Å². The molecule has 0 saturated heterocycles. The summed E-state index contributed by atoms with van der Waals surface area (Å²) in [6.07, 6.45) is 0.999. The van der Waals surface area contributed by atoms with Gasteiger partial charge < -0.3 is 15.8 Å². The molecule has 0 fully saturated rings. The highest BCUT2D eigenvalue weighted by molar-refractivity contribution is 5.38. The standard InChI is InChI=1S/C11H20N4O/c1-11(2,6-7-16-3)8-13-10-5-4-9(12)14-15-10/h4-5H,6-8H2,1-3H3,(H2,12,14)(H,13,15). The molecule has 0 aliphatic rings. The fraction of sp³-hybridized carbons (Fsp3) is 0.636. The summed E-state index contributed by atoms with van der Waals surface area (Å²) < 4.78 is 5.07. The monoisotopic (exact) mass is 224 g/mol. The van der Waals surface area contributed by atoms with Crippen LogP contribution in [-0.2, 0) is 4.74 Å². The highest BCUT2D eigenvalue weighted by Gasteiger charge is 2.17. The number of hydrogen-bond donors (Lipinski definition) is 2. The lowest BCUT2D eigenvalue weighted by molar-refractivity contribution is 0.157. The van der Waals surface area contributed by atoms with Crippen LogP contribution in [0.15, 0.2) is 12.1 Å². The zero-order chi connectivity index (χ0) is 12.0. The van der Waals surface area contributed by atoms with Gasteiger partial charge in [0.2, 0.25) is 0 Å². The molecule has 1 heterocycles. The fourth-order valence-electron chi connectivity index (χ4n) is 1.23. The van der Waals surface area contributed by atoms with E-state index in [0.29, 0.717) is 5.82 Å². The quantitative estimate of drug-likeness (QED) is 0.766. The summed E-state index contributed by atoms with van der Waals surface area (Å²) in [5, 5.41) is 11.0. The summed E-state index contributed by atoms with van der Waals surface area (Å²) in [6, 6.07) is 3.56. The van der Waals surface area contributed by atoms with Crippen molar-refractivity contribution in [3.8, 4) is 0 Å². The van der Waals surface area contributed by atoms with E-state index in [1.165, 1.54) is 0 Å². The van der Waals surface area contributed by atoms with Crippen molar-refractivity contribution in [1.82, 2.24) is 10.2 Å². The molecule has 1 rings (SSSR count). The van der Waals surface area contributed by atoms with E-state index in [-0.39, 0.29) is 5.41 Å². The topological polar surface area (TPSA) is 73.1 Å². The highest BCUT2D eigenvalue weighted by Crippen LogP contribution is 2.20. The van der Waals surface area contributed by atoms with Gasteiger partial charge in [0, 0.05) is 20.3 Å². The minimum Gasteiger partial charge on any atom is -0.385 e. The van der Waals surface area contributed by atoms with Gasteiger partial charge in [-0.2, -0.15) is 0 Å². The van der Waals surface area contributed by atoms with Crippen molar-refractivity contribution in [1.29, 1.82) is 0 Å². The Morgan fingerprint density at radius 3 is 2.69 bits per heavy atom. The zero-order valence-electron chi connectivity index (χ0n) is 10.2. The molecule has 16 heavy (non-hydrogen) atoms. The van der Waals surface area contributed by atoms with Gasteiger partial charge in [0.25, 0.3) is 0 Å². The van der Waals surface area contributed by atoms with Crippen molar-refractivity contribution in [2.45, 2.75) is 20.3 Å². The molecular formula is C11H20N4O. The molecule has 3 N–H and O–H groups in total. The maximum absolute atomic E-state index is 5.46. The summed E-state index contributed by atoms with van der Waals surface area (Å²) in [5.74, 6) is 1.18. The summed E-state index contributed by atoms with van der Waals surface area (Å²) >= 11 is 0. The fourth-order valence-corrected chi connectivity index (χ4v) is 1.23. The van der Waals surface area contributed by atoms with Crippen LogP contribution in [0.25, 0.3) is 0 Å². The molecule has 0 saturated carbocycles. The molecule has 0 spiro atoms. The van der Waals surface area contributed by atoms with Crippen LogP contribution in [0.4, 0.5) is 11.6 Å². The number of rotatable bonds is 6. The van der Waals surface area contributed by atoms with Gasteiger partial charge in [0.15, 0.2) is 0 Å². The average Bonchev–Trinajstić information content (AvgIpc) is 2.26. The maximum atomic E-state index is 5.46. The molecule has 0 atom stereocenters. The van der Waals surface area contributed by atoms with Gasteiger partial charge in [-0.15, -0.1) is 10.2 Å². The van der Waals surface area contributed by atoms with Crippen LogP contribution < -0.4 is 11.1 Å². The summed E-state index contributed by atoms with van der Waals surface area (Å²) in [4.78, 5) is 0. The average molecular weight is 224 g/mol. The van der Waals surface area contributed by atoms with E-state index in [1.807, 2.05) is 6.07 Å². The second-order valence-electron chi connectivity index (χ2n) is 4.60. The molecule has 0 radical (unpaired) electrons. The molecule has 0 aliphatic heterocycles. The number of ether oxygens (including phenoxy) is 1. The second-order valence-corrected chi connectivity index (χ2v) is 4.60. The van der Waals surface area contributed by atoms with Crippen LogP contribution in [0, 0.1) is 5.41 Å². The number of hydrogen-bond acceptors (Lipinski definition) is 5. The third-order valence-corrected chi connectivity index (χ3v) is 2.42. The Morgan fingerprint density at radius 2 is 2.12 bits per heavy atom. The van der Waals surface area contributed by atoms with Crippen molar-refractivity contribution in [2.75, 3.05) is 31.3 Å². The summed E-state index contributed by atoms with van der Waals surface area (Å²) in [7, 11) is 1.72. The van der Waals surface area contributed by atoms with Gasteiger partial charge in [0.1, 0.15) is 11.6 Å². The molecular weight excluding hydrogens is 204 g/mol. The smallest absolute Gasteiger partial charge is 0.148 e. The van der Waals surface area contributed by atoms with Crippen molar-refractivity contribution < 1.29 is 4.74 Å². The minimum atomic E-state index is 0.166. The first kappa shape index (κ1) is 12.7. The zero-order valence-corrected chi connectivity index (χ0v) is 10.2. The third-order valence-electron chi connectivity index (χ3n) is 2.42. The number of aromatic nitrogens is 2. The lowest BCUT2D eigenvalue weighted by Crippen LogP contribution is -2.25. The normalized spacial score (nSPS) is 11.4. The number of nitrogens with zero attached hydrogens (tertiary/aromatic N) is 2. The highest BCUT2D eigenvalue weighted by atomic mass is 16.5. The number of nitrogens with one attached hydrogen (secondary N) is 1. The number of anilines is 2. The van der Waals surface area contributed by atoms with Gasteiger partial charge >= 0.3 is 0 Å². The summed E-state index contributed by atoms with van der Waals surface area (Å²) in [5.41, 5.74) is 5.62. The van der Waals surface area contributed by atoms with Gasteiger partial charge in [-0.1, -0.05) is 13.8 Å². The molecule has 1 aromatic rings. The number of nitrogens with two attached hydrogens (primary N) is 1. The Labute approximate surface area is 96.4 Å². The van der Waals surface area contributed by atoms with Gasteiger partial charge in [-0.3, -0.25) is 0 Å². The molecule has 0 unspecified atom stereocenters. The lowest BCUT2D eigenvalue weighted by Gasteiger charge is -2.24. The first-order valence-electron chi connectivity index (χ1n) is 5.35. The first-order valence-corrected chi connectivity index (χ1v) is 5.35. The van der Waals surface area contributed by atoms with Crippen LogP contribution in [0.1, 0.15) is 20.3 Å². The molecule has 5 nitrogen and oxygen atoms in total. The molecule has 0 aromatic carbocycles. The Hall–Kier alpha value is -1.36. The van der Waals surface area contributed by atoms with Crippen molar-refractivity contribution in [3.05, 3.63) is 12.1 Å². The predicted molar refractivity (Wildman–Crippen MR) is 65.2 cm³/mol. The largest absolute Gasteiger partial charge is 0.385 e. The number of methoxy groups -OCH3 is 1. The minimum absolute atomic E-state index is 0.166. The van der Waals surface area contributed by atoms with Gasteiger partial charge in [0.05, 0.1) is 0 Å². The molecule has 0 aliphatic carbocycles. The van der Waals surface area contributed by atoms with Crippen molar-refractivity contribution in [2.24, 2.45) is 5.41 Å². The number of nitrogen functional groups attached to an aromatic ring is 1. The van der Waals surface area contributed by atoms with Gasteiger partial charge in [-0.05, 0) is 24.0 Å². The molecule has 5 heteroatoms. The van der Waals surface area contributed by atoms with Crippen LogP contribution in [-0.4, -0.2) is 30.5 Å². The van der Waals surface area contributed by atoms with E-state index in [4.69, 9.17) is 10.5 Å². The van der Waals surface area contributed by atoms with E-state index in [1.54, 1.807) is 13.2 Å². The predicted octanol–water partition coefficient (Wildman–Crippen LogP) is 1.53. The first-order chi connectivity index (χ1) is 7.53. The van der Waals surface area contributed by atoms with Crippen molar-refractivity contribution in [3.63, 3.8) is 0 Å². The Kier molecular flexibility index (Phi) is 4.49. The summed E-state index contributed by atoms with van der Waals surface area (Å²) in [6.45, 7) is 5.96. The molecule has 0 amide bonds. The second kappa shape index (κ2) is 5.65. The van der Waals surface area contributed by atoms with E-state index in [0.717, 1.165) is 25.4 Å². The SMILES string of the molecule is COCCC(C)(C)CNc1ccc(N)nn1. The van der Waals surface area contributed by atoms with Crippen LogP contribution in [0.5, 0.6) is 0 Å². The van der Waals surface area contributed by atoms with E-state index < -0.39 is 0 Å². The van der Waals surface area contributed by atoms with E-state index in [9.17, 15) is 0 Å². The third kappa shape index (κ3) is 4.44. The maximum Gasteiger partial charge on any atom is 0.148 e. The van der Waals surface area contributed by atoms with E-state index >= 15 is 0 Å². The van der Waals surface area contributed by atoms with Crippen LogP contribution >= 0.6 is 0 Å². The van der Waals surface area contributed by atoms with Crippen LogP contribution in [0.3, 0.4) is 0 Å². The van der Waals surface area contributed by atoms with Crippen LogP contribution in [0.2, 0.25) is 0 Å². The Bertz CT molecular complexity index is 310. The Balaban J connectivity index is 2.41.